The highest BCUT2D eigenvalue weighted by atomic mass is 19.4. The maximum absolute atomic E-state index is 13.1. The van der Waals surface area contributed by atoms with E-state index >= 15 is 0 Å². The number of ether oxygens (including phenoxy) is 1. The van der Waals surface area contributed by atoms with Gasteiger partial charge in [0.25, 0.3) is 5.91 Å². The Kier molecular flexibility index (Phi) is 6.99. The molecule has 5 rings (SSSR count). The standard InChI is InChI=1S/C28H18F5N5O2/c29-27(30,31)28(32,33)40-22-15-13-21(14-16-22)38-17-34-25(37-38)19-9-11-20(12-10-19)35-26(39)24-8-4-7-23(36-24)18-5-2-1-3-6-18/h1-17H,(H,35,39). The molecule has 40 heavy (non-hydrogen) atoms. The Morgan fingerprint density at radius 1 is 0.775 bits per heavy atom. The number of carbonyl (C=O) groups is 1. The third-order valence-corrected chi connectivity index (χ3v) is 5.62. The summed E-state index contributed by atoms with van der Waals surface area (Å²) in [7, 11) is 0. The van der Waals surface area contributed by atoms with Gasteiger partial charge in [-0.05, 0) is 60.7 Å². The first kappa shape index (κ1) is 26.5. The number of halogens is 5. The molecular weight excluding hydrogens is 533 g/mol. The van der Waals surface area contributed by atoms with Crippen molar-refractivity contribution >= 4 is 11.6 Å². The van der Waals surface area contributed by atoms with Crippen molar-refractivity contribution in [3.63, 3.8) is 0 Å². The van der Waals surface area contributed by atoms with Crippen LogP contribution in [0.4, 0.5) is 27.6 Å². The second-order valence-corrected chi connectivity index (χ2v) is 8.43. The molecular formula is C28H18F5N5O2. The van der Waals surface area contributed by atoms with Crippen LogP contribution in [0.3, 0.4) is 0 Å². The summed E-state index contributed by atoms with van der Waals surface area (Å²) >= 11 is 0. The predicted octanol–water partition coefficient (Wildman–Crippen LogP) is 6.78. The molecule has 0 fully saturated rings. The third kappa shape index (κ3) is 5.80. The van der Waals surface area contributed by atoms with Crippen LogP contribution in [0.15, 0.2) is 103 Å². The summed E-state index contributed by atoms with van der Waals surface area (Å²) in [6.45, 7) is 0. The zero-order valence-corrected chi connectivity index (χ0v) is 20.3. The van der Waals surface area contributed by atoms with Gasteiger partial charge >= 0.3 is 12.3 Å². The Hall–Kier alpha value is -5.13. The number of hydrogen-bond acceptors (Lipinski definition) is 5. The van der Waals surface area contributed by atoms with Crippen LogP contribution in [-0.4, -0.2) is 37.9 Å². The fourth-order valence-electron chi connectivity index (χ4n) is 3.62. The van der Waals surface area contributed by atoms with Crippen LogP contribution in [0.2, 0.25) is 0 Å². The number of amides is 1. The van der Waals surface area contributed by atoms with E-state index in [1.54, 1.807) is 36.4 Å². The second kappa shape index (κ2) is 10.6. The van der Waals surface area contributed by atoms with E-state index < -0.39 is 18.0 Å². The van der Waals surface area contributed by atoms with Crippen molar-refractivity contribution in [3.05, 3.63) is 109 Å². The first-order chi connectivity index (χ1) is 19.1. The lowest BCUT2D eigenvalue weighted by molar-refractivity contribution is -0.360. The zero-order valence-electron chi connectivity index (χ0n) is 20.3. The van der Waals surface area contributed by atoms with E-state index in [2.05, 4.69) is 25.1 Å². The molecule has 0 saturated carbocycles. The molecule has 0 unspecified atom stereocenters. The molecule has 0 aliphatic rings. The average Bonchev–Trinajstić information content (AvgIpc) is 3.44. The lowest BCUT2D eigenvalue weighted by Gasteiger charge is -2.20. The molecule has 0 aliphatic heterocycles. The minimum Gasteiger partial charge on any atom is -0.426 e. The number of anilines is 1. The number of benzene rings is 3. The van der Waals surface area contributed by atoms with Crippen LogP contribution < -0.4 is 10.1 Å². The molecule has 0 spiro atoms. The molecule has 5 aromatic rings. The van der Waals surface area contributed by atoms with Crippen molar-refractivity contribution in [2.24, 2.45) is 0 Å². The van der Waals surface area contributed by atoms with Gasteiger partial charge in [0.05, 0.1) is 11.4 Å². The normalized spacial score (nSPS) is 11.7. The van der Waals surface area contributed by atoms with Gasteiger partial charge in [-0.15, -0.1) is 5.10 Å². The highest BCUT2D eigenvalue weighted by molar-refractivity contribution is 6.03. The summed E-state index contributed by atoms with van der Waals surface area (Å²) in [4.78, 5) is 21.4. The highest BCUT2D eigenvalue weighted by Crippen LogP contribution is 2.37. The van der Waals surface area contributed by atoms with E-state index in [-0.39, 0.29) is 11.6 Å². The molecule has 0 atom stereocenters. The van der Waals surface area contributed by atoms with Crippen LogP contribution in [0.5, 0.6) is 5.75 Å². The van der Waals surface area contributed by atoms with Gasteiger partial charge in [0.2, 0.25) is 0 Å². The van der Waals surface area contributed by atoms with Crippen molar-refractivity contribution in [1.29, 1.82) is 0 Å². The van der Waals surface area contributed by atoms with E-state index in [0.717, 1.165) is 17.7 Å². The molecule has 202 valence electrons. The summed E-state index contributed by atoms with van der Waals surface area (Å²) in [5.74, 6) is -0.724. The van der Waals surface area contributed by atoms with Crippen molar-refractivity contribution < 1.29 is 31.5 Å². The van der Waals surface area contributed by atoms with Crippen molar-refractivity contribution in [2.45, 2.75) is 12.3 Å². The topological polar surface area (TPSA) is 81.9 Å². The van der Waals surface area contributed by atoms with Crippen molar-refractivity contribution in [2.75, 3.05) is 5.32 Å². The van der Waals surface area contributed by atoms with E-state index in [4.69, 9.17) is 0 Å². The summed E-state index contributed by atoms with van der Waals surface area (Å²) < 4.78 is 68.3. The number of hydrogen-bond donors (Lipinski definition) is 1. The summed E-state index contributed by atoms with van der Waals surface area (Å²) in [6, 6.07) is 25.9. The van der Waals surface area contributed by atoms with Crippen LogP contribution in [0, 0.1) is 0 Å². The minimum absolute atomic E-state index is 0.254. The minimum atomic E-state index is -5.84. The Bertz CT molecular complexity index is 1620. The number of rotatable bonds is 7. The first-order valence-corrected chi connectivity index (χ1v) is 11.7. The first-order valence-electron chi connectivity index (χ1n) is 11.7. The fourth-order valence-corrected chi connectivity index (χ4v) is 3.62. The quantitative estimate of drug-likeness (QED) is 0.226. The Morgan fingerprint density at radius 2 is 1.48 bits per heavy atom. The molecule has 1 N–H and O–H groups in total. The molecule has 0 aliphatic carbocycles. The van der Waals surface area contributed by atoms with Crippen molar-refractivity contribution in [3.8, 4) is 34.1 Å². The van der Waals surface area contributed by atoms with Gasteiger partial charge in [-0.3, -0.25) is 4.79 Å². The van der Waals surface area contributed by atoms with Gasteiger partial charge in [0, 0.05) is 16.8 Å². The fraction of sp³-hybridized carbons (Fsp3) is 0.0714. The van der Waals surface area contributed by atoms with Crippen molar-refractivity contribution in [1.82, 2.24) is 19.7 Å². The number of pyridine rings is 1. The Morgan fingerprint density at radius 3 is 2.15 bits per heavy atom. The molecule has 2 aromatic heterocycles. The number of carbonyl (C=O) groups excluding carboxylic acids is 1. The third-order valence-electron chi connectivity index (χ3n) is 5.62. The molecule has 0 saturated heterocycles. The Balaban J connectivity index is 1.24. The molecule has 7 nitrogen and oxygen atoms in total. The molecule has 3 aromatic carbocycles. The van der Waals surface area contributed by atoms with E-state index in [1.165, 1.54) is 23.1 Å². The molecule has 0 bridgehead atoms. The maximum Gasteiger partial charge on any atom is 0.499 e. The summed E-state index contributed by atoms with van der Waals surface area (Å²) in [5, 5.41) is 7.10. The zero-order chi connectivity index (χ0) is 28.3. The van der Waals surface area contributed by atoms with Crippen LogP contribution in [0.25, 0.3) is 28.3 Å². The summed E-state index contributed by atoms with van der Waals surface area (Å²) in [6.07, 6.45) is -9.80. The van der Waals surface area contributed by atoms with Crippen LogP contribution >= 0.6 is 0 Å². The monoisotopic (exact) mass is 551 g/mol. The average molecular weight is 551 g/mol. The summed E-state index contributed by atoms with van der Waals surface area (Å²) in [5.41, 5.74) is 3.31. The van der Waals surface area contributed by atoms with Crippen LogP contribution in [0.1, 0.15) is 10.5 Å². The number of nitrogens with zero attached hydrogens (tertiary/aromatic N) is 4. The highest BCUT2D eigenvalue weighted by Gasteiger charge is 2.61. The van der Waals surface area contributed by atoms with Gasteiger partial charge in [-0.1, -0.05) is 36.4 Å². The Labute approximate surface area is 223 Å². The molecule has 2 heterocycles. The SMILES string of the molecule is O=C(Nc1ccc(-c2ncn(-c3ccc(OC(F)(F)C(F)(F)F)cc3)n2)cc1)c1cccc(-c2ccccc2)n1. The molecule has 12 heteroatoms. The van der Waals surface area contributed by atoms with Gasteiger partial charge in [-0.2, -0.15) is 22.0 Å². The van der Waals surface area contributed by atoms with Gasteiger partial charge in [0.1, 0.15) is 17.8 Å². The van der Waals surface area contributed by atoms with Gasteiger partial charge < -0.3 is 10.1 Å². The van der Waals surface area contributed by atoms with Gasteiger partial charge in [0.15, 0.2) is 5.82 Å². The van der Waals surface area contributed by atoms with E-state index in [0.29, 0.717) is 28.5 Å². The largest absolute Gasteiger partial charge is 0.499 e. The lowest BCUT2D eigenvalue weighted by Crippen LogP contribution is -2.41. The number of nitrogens with one attached hydrogen (secondary N) is 1. The second-order valence-electron chi connectivity index (χ2n) is 8.43. The number of aromatic nitrogens is 4. The molecule has 1 amide bonds. The van der Waals surface area contributed by atoms with Crippen LogP contribution in [-0.2, 0) is 0 Å². The number of alkyl halides is 5. The predicted molar refractivity (Wildman–Crippen MR) is 136 cm³/mol. The van der Waals surface area contributed by atoms with Gasteiger partial charge in [-0.25, -0.2) is 14.6 Å². The van der Waals surface area contributed by atoms with E-state index in [9.17, 15) is 26.7 Å². The lowest BCUT2D eigenvalue weighted by atomic mass is 10.1. The molecule has 0 radical (unpaired) electrons. The maximum atomic E-state index is 13.1. The van der Waals surface area contributed by atoms with E-state index in [1.807, 2.05) is 36.4 Å². The smallest absolute Gasteiger partial charge is 0.426 e.